The van der Waals surface area contributed by atoms with Crippen LogP contribution >= 0.6 is 0 Å². The lowest BCUT2D eigenvalue weighted by molar-refractivity contribution is 0.483. The summed E-state index contributed by atoms with van der Waals surface area (Å²) in [6, 6.07) is 95.9. The summed E-state index contributed by atoms with van der Waals surface area (Å²) in [6.07, 6.45) is 3.97. The second kappa shape index (κ2) is 21.8. The molecule has 7 nitrogen and oxygen atoms in total. The number of furan rings is 1. The van der Waals surface area contributed by atoms with Gasteiger partial charge in [0.2, 0.25) is 0 Å². The van der Waals surface area contributed by atoms with Crippen molar-refractivity contribution in [3.63, 3.8) is 0 Å². The zero-order chi connectivity index (χ0) is 60.6. The van der Waals surface area contributed by atoms with Crippen molar-refractivity contribution in [2.45, 2.75) is 40.0 Å². The highest BCUT2D eigenvalue weighted by Gasteiger charge is 2.37. The third-order valence-corrected chi connectivity index (χ3v) is 18.0. The first-order valence-electron chi connectivity index (χ1n) is 30.9. The number of aromatic nitrogens is 3. The fourth-order valence-corrected chi connectivity index (χ4v) is 13.2. The van der Waals surface area contributed by atoms with E-state index in [-0.39, 0.29) is 5.41 Å². The van der Waals surface area contributed by atoms with E-state index in [9.17, 15) is 0 Å². The van der Waals surface area contributed by atoms with Gasteiger partial charge in [-0.1, -0.05) is 191 Å². The van der Waals surface area contributed by atoms with Crippen LogP contribution in [0.4, 0.5) is 22.9 Å². The summed E-state index contributed by atoms with van der Waals surface area (Å²) in [5.41, 5.74) is 23.4. The molecule has 0 aliphatic carbocycles. The fraction of sp³-hybridized carbons (Fsp3) is 0.0843. The molecule has 7 heteroatoms. The zero-order valence-electron chi connectivity index (χ0n) is 50.8. The van der Waals surface area contributed by atoms with Crippen LogP contribution in [-0.2, 0) is 5.41 Å². The Balaban J connectivity index is 0.893. The number of benzene rings is 11. The lowest BCUT2D eigenvalue weighted by atomic mass is 9.86. The average molecular weight is 1160 g/mol. The molecule has 15 aromatic rings. The highest BCUT2D eigenvalue weighted by Crippen LogP contribution is 2.54. The van der Waals surface area contributed by atoms with Crippen LogP contribution in [0.2, 0.25) is 0 Å². The molecular formula is C83H63N5O2. The van der Waals surface area contributed by atoms with E-state index in [4.69, 9.17) is 19.1 Å². The van der Waals surface area contributed by atoms with E-state index in [0.29, 0.717) is 18.2 Å². The lowest BCUT2D eigenvalue weighted by Gasteiger charge is -2.27. The van der Waals surface area contributed by atoms with Crippen LogP contribution in [0, 0.1) is 13.8 Å². The Bertz CT molecular complexity index is 5000. The van der Waals surface area contributed by atoms with Crippen LogP contribution < -0.4 is 14.5 Å². The molecule has 1 aliphatic rings. The SMILES string of the molecule is Cc1cnc(-n2c3ccc(C(C)(C)C)cc3c3ccc(Oc4cccc(N5CN(c6c(-c7cc(-c8ccccc8)cc(-c8ccccc8)c7)cccc6-c6cc(-c7ccccc7)cc(-c7ccccc7)c6)c6ncc7c(oc8ccccc87)c65)c4)cc32)cc1C. The molecule has 0 N–H and O–H groups in total. The molecule has 5 heterocycles. The van der Waals surface area contributed by atoms with E-state index in [1.54, 1.807) is 0 Å². The number of hydrogen-bond donors (Lipinski definition) is 0. The largest absolute Gasteiger partial charge is 0.457 e. The van der Waals surface area contributed by atoms with Crippen molar-refractivity contribution < 1.29 is 9.15 Å². The van der Waals surface area contributed by atoms with E-state index in [1.807, 2.05) is 30.6 Å². The molecule has 0 fully saturated rings. The third-order valence-electron chi connectivity index (χ3n) is 18.0. The molecule has 11 aromatic carbocycles. The van der Waals surface area contributed by atoms with Gasteiger partial charge in [-0.2, -0.15) is 0 Å². The summed E-state index contributed by atoms with van der Waals surface area (Å²) in [4.78, 5) is 15.3. The third kappa shape index (κ3) is 9.63. The van der Waals surface area contributed by atoms with Crippen LogP contribution in [0.25, 0.3) is 116 Å². The van der Waals surface area contributed by atoms with Crippen molar-refractivity contribution in [1.82, 2.24) is 14.5 Å². The van der Waals surface area contributed by atoms with Crippen molar-refractivity contribution in [3.8, 4) is 84.1 Å². The Labute approximate surface area is 524 Å². The predicted octanol–water partition coefficient (Wildman–Crippen LogP) is 22.4. The maximum atomic E-state index is 7.06. The smallest absolute Gasteiger partial charge is 0.164 e. The van der Waals surface area contributed by atoms with Gasteiger partial charge >= 0.3 is 0 Å². The first-order chi connectivity index (χ1) is 44.0. The number of nitrogens with zero attached hydrogens (tertiary/aromatic N) is 5. The maximum Gasteiger partial charge on any atom is 0.164 e. The molecule has 0 unspecified atom stereocenters. The molecule has 0 saturated carbocycles. The zero-order valence-corrected chi connectivity index (χ0v) is 50.8. The van der Waals surface area contributed by atoms with E-state index in [0.717, 1.165) is 139 Å². The molecule has 0 saturated heterocycles. The number of hydrogen-bond acceptors (Lipinski definition) is 6. The van der Waals surface area contributed by atoms with Gasteiger partial charge in [0.15, 0.2) is 11.4 Å². The van der Waals surface area contributed by atoms with Gasteiger partial charge in [-0.15, -0.1) is 0 Å². The summed E-state index contributed by atoms with van der Waals surface area (Å²) >= 11 is 0. The van der Waals surface area contributed by atoms with E-state index in [2.05, 4.69) is 298 Å². The highest BCUT2D eigenvalue weighted by molar-refractivity contribution is 6.14. The minimum absolute atomic E-state index is 0.0254. The number of rotatable bonds is 11. The molecule has 0 bridgehead atoms. The Morgan fingerprint density at radius 2 is 0.944 bits per heavy atom. The van der Waals surface area contributed by atoms with Gasteiger partial charge in [0.1, 0.15) is 35.3 Å². The van der Waals surface area contributed by atoms with Gasteiger partial charge in [-0.3, -0.25) is 4.57 Å². The molecule has 4 aromatic heterocycles. The molecule has 16 rings (SSSR count). The molecule has 0 spiro atoms. The number of anilines is 4. The van der Waals surface area contributed by atoms with Crippen LogP contribution in [-0.4, -0.2) is 21.2 Å². The van der Waals surface area contributed by atoms with Crippen molar-refractivity contribution in [2.24, 2.45) is 0 Å². The molecule has 432 valence electrons. The quantitative estimate of drug-likeness (QED) is 0.129. The van der Waals surface area contributed by atoms with E-state index < -0.39 is 0 Å². The standard InChI is InChI=1S/C83H63N5O2/c1-53-40-78(84-50-54(53)2)88-75-39-36-65(83(3,4)5)47-73(75)71-38-37-68(49-76(71)88)89-67-31-20-30-66(48-67)86-52-87(82-80(86)81-74(51-85-82)72-32-18-19-35-77(72)90-81)79-69(63-43-59(55-22-10-6-11-23-55)41-60(44-63)56-24-12-7-13-25-56)33-21-34-70(79)64-45-61(57-26-14-8-15-27-57)42-62(46-64)58-28-16-9-17-29-58/h6-51H,52H2,1-5H3. The van der Waals surface area contributed by atoms with Gasteiger partial charge in [0.25, 0.3) is 0 Å². The van der Waals surface area contributed by atoms with Crippen molar-refractivity contribution >= 4 is 66.6 Å². The summed E-state index contributed by atoms with van der Waals surface area (Å²) < 4.78 is 16.4. The summed E-state index contributed by atoms with van der Waals surface area (Å²) in [6.45, 7) is 11.5. The summed E-state index contributed by atoms with van der Waals surface area (Å²) in [5.74, 6) is 3.05. The van der Waals surface area contributed by atoms with Crippen molar-refractivity contribution in [2.75, 3.05) is 16.5 Å². The minimum Gasteiger partial charge on any atom is -0.457 e. The summed E-state index contributed by atoms with van der Waals surface area (Å²) in [7, 11) is 0. The molecule has 0 atom stereocenters. The molecule has 90 heavy (non-hydrogen) atoms. The first kappa shape index (κ1) is 54.1. The van der Waals surface area contributed by atoms with Gasteiger partial charge in [0.05, 0.1) is 16.7 Å². The molecule has 1 aliphatic heterocycles. The number of fused-ring (bicyclic) bond motifs is 8. The first-order valence-corrected chi connectivity index (χ1v) is 30.9. The van der Waals surface area contributed by atoms with Crippen molar-refractivity contribution in [3.05, 3.63) is 296 Å². The van der Waals surface area contributed by atoms with Gasteiger partial charge in [-0.05, 0) is 177 Å². The van der Waals surface area contributed by atoms with E-state index in [1.165, 1.54) is 16.5 Å². The van der Waals surface area contributed by atoms with Crippen LogP contribution in [0.15, 0.2) is 284 Å². The van der Waals surface area contributed by atoms with Crippen LogP contribution in [0.1, 0.15) is 37.5 Å². The minimum atomic E-state index is -0.0254. The van der Waals surface area contributed by atoms with Gasteiger partial charge in [-0.25, -0.2) is 9.97 Å². The van der Waals surface area contributed by atoms with E-state index >= 15 is 0 Å². The topological polar surface area (TPSA) is 59.6 Å². The van der Waals surface area contributed by atoms with Gasteiger partial charge < -0.3 is 19.0 Å². The Hall–Kier alpha value is -11.3. The normalized spacial score (nSPS) is 12.4. The Morgan fingerprint density at radius 1 is 0.389 bits per heavy atom. The average Bonchev–Trinajstić information content (AvgIpc) is 3.57. The number of ether oxygens (including phenoxy) is 1. The second-order valence-corrected chi connectivity index (χ2v) is 24.8. The maximum absolute atomic E-state index is 7.06. The Kier molecular flexibility index (Phi) is 13.1. The highest BCUT2D eigenvalue weighted by atomic mass is 16.5. The molecular weight excluding hydrogens is 1100 g/mol. The lowest BCUT2D eigenvalue weighted by Crippen LogP contribution is -2.25. The fourth-order valence-electron chi connectivity index (χ4n) is 13.2. The molecule has 0 radical (unpaired) electrons. The van der Waals surface area contributed by atoms with Crippen molar-refractivity contribution in [1.29, 1.82) is 0 Å². The molecule has 0 amide bonds. The number of aryl methyl sites for hydroxylation is 2. The van der Waals surface area contributed by atoms with Crippen LogP contribution in [0.5, 0.6) is 11.5 Å². The second-order valence-electron chi connectivity index (χ2n) is 24.8. The number of para-hydroxylation sites is 2. The number of pyridine rings is 2. The monoisotopic (exact) mass is 1160 g/mol. The van der Waals surface area contributed by atoms with Crippen LogP contribution in [0.3, 0.4) is 0 Å². The summed E-state index contributed by atoms with van der Waals surface area (Å²) in [5, 5.41) is 4.27. The van der Waals surface area contributed by atoms with Gasteiger partial charge in [0, 0.05) is 62.9 Å². The predicted molar refractivity (Wildman–Crippen MR) is 373 cm³/mol. The Morgan fingerprint density at radius 3 is 1.53 bits per heavy atom.